The van der Waals surface area contributed by atoms with Gasteiger partial charge in [0.15, 0.2) is 5.75 Å². The van der Waals surface area contributed by atoms with Gasteiger partial charge in [-0.05, 0) is 35.7 Å². The maximum absolute atomic E-state index is 10.0. The van der Waals surface area contributed by atoms with Gasteiger partial charge in [-0.1, -0.05) is 36.4 Å². The van der Waals surface area contributed by atoms with Crippen molar-refractivity contribution in [3.63, 3.8) is 0 Å². The van der Waals surface area contributed by atoms with E-state index in [0.29, 0.717) is 23.6 Å². The summed E-state index contributed by atoms with van der Waals surface area (Å²) in [4.78, 5) is 8.80. The predicted octanol–water partition coefficient (Wildman–Crippen LogP) is 3.90. The van der Waals surface area contributed by atoms with Crippen molar-refractivity contribution >= 4 is 0 Å². The molecule has 0 saturated heterocycles. The highest BCUT2D eigenvalue weighted by atomic mass is 16.5. The summed E-state index contributed by atoms with van der Waals surface area (Å²) in [6.45, 7) is 2.03. The summed E-state index contributed by atoms with van der Waals surface area (Å²) in [6.07, 6.45) is 0.593. The molecule has 0 radical (unpaired) electrons. The van der Waals surface area contributed by atoms with Crippen molar-refractivity contribution in [3.05, 3.63) is 71.3 Å². The van der Waals surface area contributed by atoms with Crippen LogP contribution in [0.3, 0.4) is 0 Å². The molecule has 3 aromatic rings. The fourth-order valence-corrected chi connectivity index (χ4v) is 2.81. The largest absolute Gasteiger partial charge is 0.504 e. The van der Waals surface area contributed by atoms with Crippen LogP contribution in [0.2, 0.25) is 0 Å². The molecule has 0 spiro atoms. The Hall–Kier alpha value is -2.92. The van der Waals surface area contributed by atoms with E-state index in [4.69, 9.17) is 9.47 Å². The summed E-state index contributed by atoms with van der Waals surface area (Å²) in [7, 11) is 3.24. The second kappa shape index (κ2) is 7.97. The molecule has 0 saturated carbocycles. The molecule has 0 bridgehead atoms. The molecule has 0 amide bonds. The van der Waals surface area contributed by atoms with Crippen LogP contribution < -0.4 is 4.74 Å². The van der Waals surface area contributed by atoms with Crippen molar-refractivity contribution < 1.29 is 14.6 Å². The predicted molar refractivity (Wildman–Crippen MR) is 100 cm³/mol. The molecule has 0 fully saturated rings. The van der Waals surface area contributed by atoms with Crippen LogP contribution in [0.15, 0.2) is 48.5 Å². The lowest BCUT2D eigenvalue weighted by molar-refractivity contribution is 0.177. The number of aromatic hydroxyl groups is 1. The molecule has 26 heavy (non-hydrogen) atoms. The second-order valence-electron chi connectivity index (χ2n) is 6.06. The normalized spacial score (nSPS) is 10.7. The molecule has 0 aliphatic heterocycles. The topological polar surface area (TPSA) is 64.5 Å². The van der Waals surface area contributed by atoms with Gasteiger partial charge in [0.1, 0.15) is 17.3 Å². The Labute approximate surface area is 153 Å². The van der Waals surface area contributed by atoms with Crippen LogP contribution >= 0.6 is 0 Å². The zero-order valence-corrected chi connectivity index (χ0v) is 15.2. The molecular formula is C21H22N2O3. The monoisotopic (exact) mass is 350 g/mol. The highest BCUT2D eigenvalue weighted by Crippen LogP contribution is 2.25. The van der Waals surface area contributed by atoms with Crippen molar-refractivity contribution in [2.75, 3.05) is 14.2 Å². The van der Waals surface area contributed by atoms with Crippen LogP contribution in [0.4, 0.5) is 0 Å². The second-order valence-corrected chi connectivity index (χ2v) is 6.06. The molecule has 1 heterocycles. The van der Waals surface area contributed by atoms with Crippen LogP contribution in [-0.2, 0) is 17.8 Å². The van der Waals surface area contributed by atoms with E-state index in [9.17, 15) is 5.11 Å². The van der Waals surface area contributed by atoms with Crippen LogP contribution in [0.1, 0.15) is 22.8 Å². The Morgan fingerprint density at radius 2 is 1.73 bits per heavy atom. The number of ether oxygens (including phenoxy) is 2. The summed E-state index contributed by atoms with van der Waals surface area (Å²) in [5.41, 5.74) is 4.41. The molecule has 0 aliphatic rings. The number of hydrogen-bond donors (Lipinski definition) is 1. The van der Waals surface area contributed by atoms with Gasteiger partial charge in [-0.2, -0.15) is 0 Å². The third-order valence-electron chi connectivity index (χ3n) is 4.18. The van der Waals surface area contributed by atoms with Gasteiger partial charge in [0.25, 0.3) is 0 Å². The molecule has 134 valence electrons. The van der Waals surface area contributed by atoms with E-state index < -0.39 is 0 Å². The van der Waals surface area contributed by atoms with Gasteiger partial charge in [-0.3, -0.25) is 0 Å². The minimum Gasteiger partial charge on any atom is -0.504 e. The van der Waals surface area contributed by atoms with Gasteiger partial charge in [-0.15, -0.1) is 0 Å². The summed E-state index contributed by atoms with van der Waals surface area (Å²) >= 11 is 0. The molecule has 0 atom stereocenters. The lowest BCUT2D eigenvalue weighted by Crippen LogP contribution is -2.04. The average Bonchev–Trinajstić information content (AvgIpc) is 2.66. The van der Waals surface area contributed by atoms with E-state index >= 15 is 0 Å². The number of aryl methyl sites for hydroxylation is 1. The number of benzene rings is 2. The standard InChI is InChI=1S/C21H22N2O3/c1-14-21(24)19(13-25-2)23-20(22-14)11-15-7-9-16(10-8-15)17-5-4-6-18(12-17)26-3/h4-10,12,24H,11,13H2,1-3H3. The van der Waals surface area contributed by atoms with Crippen LogP contribution in [0.25, 0.3) is 11.1 Å². The fourth-order valence-electron chi connectivity index (χ4n) is 2.81. The van der Waals surface area contributed by atoms with Gasteiger partial charge in [0.05, 0.1) is 19.4 Å². The maximum Gasteiger partial charge on any atom is 0.160 e. The molecule has 2 aromatic carbocycles. The van der Waals surface area contributed by atoms with Crippen LogP contribution in [-0.4, -0.2) is 29.3 Å². The summed E-state index contributed by atoms with van der Waals surface area (Å²) in [6, 6.07) is 16.3. The van der Waals surface area contributed by atoms with Gasteiger partial charge < -0.3 is 14.6 Å². The number of hydrogen-bond acceptors (Lipinski definition) is 5. The maximum atomic E-state index is 10.0. The Morgan fingerprint density at radius 1 is 0.962 bits per heavy atom. The lowest BCUT2D eigenvalue weighted by atomic mass is 10.0. The highest BCUT2D eigenvalue weighted by molar-refractivity contribution is 5.65. The Balaban J connectivity index is 1.81. The first-order valence-electron chi connectivity index (χ1n) is 8.38. The molecule has 1 aromatic heterocycles. The van der Waals surface area contributed by atoms with Crippen molar-refractivity contribution in [2.45, 2.75) is 20.0 Å². The van der Waals surface area contributed by atoms with Gasteiger partial charge in [0, 0.05) is 13.5 Å². The average molecular weight is 350 g/mol. The quantitative estimate of drug-likeness (QED) is 0.730. The summed E-state index contributed by atoms with van der Waals surface area (Å²) in [5.74, 6) is 1.61. The summed E-state index contributed by atoms with van der Waals surface area (Å²) < 4.78 is 10.4. The summed E-state index contributed by atoms with van der Waals surface area (Å²) in [5, 5.41) is 10.0. The first kappa shape index (κ1) is 17.9. The Bertz CT molecular complexity index is 892. The zero-order chi connectivity index (χ0) is 18.5. The first-order chi connectivity index (χ1) is 12.6. The number of nitrogens with zero attached hydrogens (tertiary/aromatic N) is 2. The molecular weight excluding hydrogens is 328 g/mol. The molecule has 5 heteroatoms. The van der Waals surface area contributed by atoms with Crippen LogP contribution in [0.5, 0.6) is 11.5 Å². The van der Waals surface area contributed by atoms with Crippen molar-refractivity contribution in [2.24, 2.45) is 0 Å². The molecule has 0 unspecified atom stereocenters. The number of aromatic nitrogens is 2. The van der Waals surface area contributed by atoms with E-state index in [1.807, 2.05) is 18.2 Å². The highest BCUT2D eigenvalue weighted by Gasteiger charge is 2.11. The lowest BCUT2D eigenvalue weighted by Gasteiger charge is -2.09. The first-order valence-corrected chi connectivity index (χ1v) is 8.38. The fraction of sp³-hybridized carbons (Fsp3) is 0.238. The molecule has 3 rings (SSSR count). The third kappa shape index (κ3) is 4.00. The Morgan fingerprint density at radius 3 is 2.42 bits per heavy atom. The van der Waals surface area contributed by atoms with Gasteiger partial charge >= 0.3 is 0 Å². The molecule has 1 N–H and O–H groups in total. The Kier molecular flexibility index (Phi) is 5.49. The van der Waals surface area contributed by atoms with E-state index in [-0.39, 0.29) is 12.4 Å². The van der Waals surface area contributed by atoms with E-state index in [0.717, 1.165) is 22.4 Å². The van der Waals surface area contributed by atoms with Gasteiger partial charge in [-0.25, -0.2) is 9.97 Å². The molecule has 0 aliphatic carbocycles. The van der Waals surface area contributed by atoms with E-state index in [2.05, 4.69) is 40.3 Å². The smallest absolute Gasteiger partial charge is 0.160 e. The number of methoxy groups -OCH3 is 2. The minimum atomic E-state index is 0.101. The number of rotatable bonds is 6. The SMILES string of the molecule is COCc1nc(Cc2ccc(-c3cccc(OC)c3)cc2)nc(C)c1O. The van der Waals surface area contributed by atoms with Crippen LogP contribution in [0, 0.1) is 6.92 Å². The minimum absolute atomic E-state index is 0.101. The van der Waals surface area contributed by atoms with Gasteiger partial charge in [0.2, 0.25) is 0 Å². The van der Waals surface area contributed by atoms with E-state index in [1.165, 1.54) is 0 Å². The zero-order valence-electron chi connectivity index (χ0n) is 15.2. The van der Waals surface area contributed by atoms with Crippen molar-refractivity contribution in [1.82, 2.24) is 9.97 Å². The third-order valence-corrected chi connectivity index (χ3v) is 4.18. The van der Waals surface area contributed by atoms with Crippen molar-refractivity contribution in [3.8, 4) is 22.6 Å². The van der Waals surface area contributed by atoms with Crippen molar-refractivity contribution in [1.29, 1.82) is 0 Å². The molecule has 5 nitrogen and oxygen atoms in total. The van der Waals surface area contributed by atoms with E-state index in [1.54, 1.807) is 21.1 Å².